The Bertz CT molecular complexity index is 1570. The van der Waals surface area contributed by atoms with Gasteiger partial charge in [-0.1, -0.05) is 12.1 Å². The van der Waals surface area contributed by atoms with Gasteiger partial charge in [-0.3, -0.25) is 4.79 Å². The molecule has 0 saturated heterocycles. The number of aryl methyl sites for hydroxylation is 1. The summed E-state index contributed by atoms with van der Waals surface area (Å²) in [4.78, 5) is 32.1. The van der Waals surface area contributed by atoms with Crippen LogP contribution in [-0.2, 0) is 24.5 Å². The second kappa shape index (κ2) is 12.0. The summed E-state index contributed by atoms with van der Waals surface area (Å²) in [5.41, 5.74) is 3.39. The number of nitrogens with zero attached hydrogens (tertiary/aromatic N) is 3. The Labute approximate surface area is 236 Å². The van der Waals surface area contributed by atoms with Gasteiger partial charge in [0.05, 0.1) is 12.1 Å². The number of imidazole rings is 1. The lowest BCUT2D eigenvalue weighted by atomic mass is 10.1. The maximum atomic E-state index is 14.9. The molecule has 2 amide bonds. The number of alkyl carbamates (subject to hydrolysis) is 1. The minimum atomic E-state index is -4.55. The number of nitrogens with one attached hydrogen (secondary N) is 1. The van der Waals surface area contributed by atoms with Crippen molar-refractivity contribution in [2.75, 3.05) is 6.61 Å². The zero-order valence-corrected chi connectivity index (χ0v) is 22.4. The quantitative estimate of drug-likeness (QED) is 0.237. The molecule has 4 aromatic rings. The van der Waals surface area contributed by atoms with E-state index in [1.165, 1.54) is 6.20 Å². The Kier molecular flexibility index (Phi) is 8.60. The molecule has 0 aliphatic rings. The first-order chi connectivity index (χ1) is 19.3. The normalized spacial score (nSPS) is 12.2. The lowest BCUT2D eigenvalue weighted by Gasteiger charge is -2.18. The van der Waals surface area contributed by atoms with Crippen LogP contribution in [-0.4, -0.2) is 33.1 Å². The Morgan fingerprint density at radius 3 is 2.49 bits per heavy atom. The van der Waals surface area contributed by atoms with Crippen LogP contribution in [0.4, 0.5) is 26.7 Å². The van der Waals surface area contributed by atoms with Gasteiger partial charge in [0.15, 0.2) is 16.2 Å². The molecule has 3 N–H and O–H groups in total. The minimum absolute atomic E-state index is 0.00500. The Hall–Kier alpha value is -4.47. The lowest BCUT2D eigenvalue weighted by Crippen LogP contribution is -2.28. The van der Waals surface area contributed by atoms with Crippen molar-refractivity contribution in [1.82, 2.24) is 19.9 Å². The first kappa shape index (κ1) is 29.5. The van der Waals surface area contributed by atoms with Gasteiger partial charge in [-0.05, 0) is 40.2 Å². The van der Waals surface area contributed by atoms with Crippen LogP contribution in [0.3, 0.4) is 0 Å². The molecule has 1 atom stereocenters. The molecule has 0 fully saturated rings. The molecular formula is C25H19BrF5N5O5. The van der Waals surface area contributed by atoms with Crippen LogP contribution in [0.2, 0.25) is 0 Å². The molecule has 0 saturated carbocycles. The van der Waals surface area contributed by atoms with E-state index >= 15 is 0 Å². The van der Waals surface area contributed by atoms with Crippen LogP contribution in [0.1, 0.15) is 33.7 Å². The maximum absolute atomic E-state index is 14.9. The molecule has 10 nitrogen and oxygen atoms in total. The van der Waals surface area contributed by atoms with Crippen molar-refractivity contribution in [1.29, 1.82) is 0 Å². The Balaban J connectivity index is 1.61. The highest BCUT2D eigenvalue weighted by Crippen LogP contribution is 2.36. The summed E-state index contributed by atoms with van der Waals surface area (Å²) < 4.78 is 85.7. The maximum Gasteiger partial charge on any atom is 0.416 e. The molecule has 0 aliphatic heterocycles. The topological polar surface area (TPSA) is 134 Å². The van der Waals surface area contributed by atoms with Crippen molar-refractivity contribution in [3.05, 3.63) is 87.9 Å². The number of halogens is 6. The van der Waals surface area contributed by atoms with Crippen molar-refractivity contribution in [2.45, 2.75) is 18.8 Å². The van der Waals surface area contributed by atoms with Gasteiger partial charge in [0.1, 0.15) is 29.5 Å². The van der Waals surface area contributed by atoms with E-state index < -0.39 is 59.4 Å². The summed E-state index contributed by atoms with van der Waals surface area (Å²) in [7, 11) is 1.71. The number of hydrogen-bond acceptors (Lipinski definition) is 7. The highest BCUT2D eigenvalue weighted by molar-refractivity contribution is 9.10. The standard InChI is InChI=1S/C25H19BrF5N5O5/c1-36-9-8-33-17(36)10-34-24(38)39-11-16(40-15-7-6-14(27)18(19(15)28)22(32)37)23-35-20(21(26)41-23)12-2-4-13(5-3-12)25(29,30)31/h2-9,16H,10-11H2,1H3,(H2,32,37)(H,34,38). The molecule has 2 aromatic carbocycles. The number of oxazole rings is 1. The number of rotatable bonds is 9. The second-order valence-corrected chi connectivity index (χ2v) is 9.08. The largest absolute Gasteiger partial charge is 0.474 e. The van der Waals surface area contributed by atoms with Gasteiger partial charge in [0.25, 0.3) is 5.91 Å². The van der Waals surface area contributed by atoms with Crippen LogP contribution < -0.4 is 15.8 Å². The van der Waals surface area contributed by atoms with Crippen molar-refractivity contribution >= 4 is 27.9 Å². The molecule has 2 heterocycles. The van der Waals surface area contributed by atoms with Crippen LogP contribution in [0.25, 0.3) is 11.3 Å². The summed E-state index contributed by atoms with van der Waals surface area (Å²) in [6.07, 6.45) is -3.76. The molecule has 216 valence electrons. The summed E-state index contributed by atoms with van der Waals surface area (Å²) in [6.45, 7) is -0.625. The molecule has 1 unspecified atom stereocenters. The monoisotopic (exact) mass is 643 g/mol. The average molecular weight is 644 g/mol. The van der Waals surface area contributed by atoms with Crippen molar-refractivity contribution in [3.63, 3.8) is 0 Å². The number of aromatic nitrogens is 3. The molecular weight excluding hydrogens is 625 g/mol. The van der Waals surface area contributed by atoms with E-state index in [9.17, 15) is 31.5 Å². The molecule has 41 heavy (non-hydrogen) atoms. The highest BCUT2D eigenvalue weighted by Gasteiger charge is 2.31. The summed E-state index contributed by atoms with van der Waals surface area (Å²) in [5, 5.41) is 2.46. The van der Waals surface area contributed by atoms with Crippen molar-refractivity contribution < 1.29 is 45.4 Å². The number of carbonyl (C=O) groups excluding carboxylic acids is 2. The third-order valence-electron chi connectivity index (χ3n) is 5.61. The number of nitrogens with two attached hydrogens (primary N) is 1. The smallest absolute Gasteiger partial charge is 0.416 e. The lowest BCUT2D eigenvalue weighted by molar-refractivity contribution is -0.137. The second-order valence-electron chi connectivity index (χ2n) is 8.36. The van der Waals surface area contributed by atoms with Crippen molar-refractivity contribution in [2.24, 2.45) is 12.8 Å². The van der Waals surface area contributed by atoms with Crippen LogP contribution in [0.5, 0.6) is 5.75 Å². The number of hydrogen-bond donors (Lipinski definition) is 2. The zero-order chi connectivity index (χ0) is 29.9. The molecule has 16 heteroatoms. The average Bonchev–Trinajstić information content (AvgIpc) is 3.50. The highest BCUT2D eigenvalue weighted by atomic mass is 79.9. The Morgan fingerprint density at radius 1 is 1.17 bits per heavy atom. The number of ether oxygens (including phenoxy) is 2. The van der Waals surface area contributed by atoms with Gasteiger partial charge in [0.2, 0.25) is 12.0 Å². The predicted octanol–water partition coefficient (Wildman–Crippen LogP) is 5.28. The van der Waals surface area contributed by atoms with Gasteiger partial charge in [0, 0.05) is 25.0 Å². The number of alkyl halides is 3. The predicted molar refractivity (Wildman–Crippen MR) is 134 cm³/mol. The fraction of sp³-hybridized carbons (Fsp3) is 0.200. The number of carbonyl (C=O) groups is 2. The summed E-state index contributed by atoms with van der Waals surface area (Å²) >= 11 is 3.13. The van der Waals surface area contributed by atoms with E-state index in [1.807, 2.05) is 0 Å². The molecule has 4 rings (SSSR count). The van der Waals surface area contributed by atoms with E-state index in [0.29, 0.717) is 5.82 Å². The molecule has 0 spiro atoms. The fourth-order valence-corrected chi connectivity index (χ4v) is 4.01. The van der Waals surface area contributed by atoms with Gasteiger partial charge in [-0.2, -0.15) is 13.2 Å². The minimum Gasteiger partial charge on any atom is -0.474 e. The molecule has 0 bridgehead atoms. The van der Waals surface area contributed by atoms with E-state index in [0.717, 1.165) is 36.4 Å². The summed E-state index contributed by atoms with van der Waals surface area (Å²) in [5.74, 6) is -4.47. The third-order valence-corrected chi connectivity index (χ3v) is 6.15. The molecule has 0 radical (unpaired) electrons. The van der Waals surface area contributed by atoms with Crippen LogP contribution in [0.15, 0.2) is 57.9 Å². The van der Waals surface area contributed by atoms with E-state index in [2.05, 4.69) is 31.2 Å². The molecule has 2 aromatic heterocycles. The fourth-order valence-electron chi connectivity index (χ4n) is 3.53. The van der Waals surface area contributed by atoms with Crippen LogP contribution in [0, 0.1) is 11.6 Å². The van der Waals surface area contributed by atoms with Gasteiger partial charge >= 0.3 is 12.3 Å². The van der Waals surface area contributed by atoms with Crippen molar-refractivity contribution in [3.8, 4) is 17.0 Å². The Morgan fingerprint density at radius 2 is 1.88 bits per heavy atom. The number of amides is 2. The van der Waals surface area contributed by atoms with Gasteiger partial charge in [-0.15, -0.1) is 0 Å². The first-order valence-corrected chi connectivity index (χ1v) is 12.3. The van der Waals surface area contributed by atoms with E-state index in [4.69, 9.17) is 19.6 Å². The first-order valence-electron chi connectivity index (χ1n) is 11.5. The summed E-state index contributed by atoms with van der Waals surface area (Å²) in [6, 6.07) is 5.63. The van der Waals surface area contributed by atoms with Gasteiger partial charge in [-0.25, -0.2) is 23.5 Å². The zero-order valence-electron chi connectivity index (χ0n) is 20.8. The number of benzene rings is 2. The van der Waals surface area contributed by atoms with Crippen LogP contribution >= 0.6 is 15.9 Å². The third kappa shape index (κ3) is 6.82. The van der Waals surface area contributed by atoms with Gasteiger partial charge < -0.3 is 29.5 Å². The van der Waals surface area contributed by atoms with E-state index in [1.54, 1.807) is 17.8 Å². The number of primary amides is 1. The molecule has 0 aliphatic carbocycles. The SMILES string of the molecule is Cn1ccnc1CNC(=O)OCC(Oc1ccc(F)c(C(N)=O)c1F)c1nc(-c2ccc(C(F)(F)F)cc2)c(Br)o1. The van der Waals surface area contributed by atoms with E-state index in [-0.39, 0.29) is 28.4 Å².